The number of hydrogen-bond acceptors (Lipinski definition) is 6. The highest BCUT2D eigenvalue weighted by atomic mass is 16.5. The molecular formula is C17H21N3O4. The van der Waals surface area contributed by atoms with Gasteiger partial charge in [0.2, 0.25) is 0 Å². The van der Waals surface area contributed by atoms with E-state index >= 15 is 0 Å². The van der Waals surface area contributed by atoms with E-state index in [0.29, 0.717) is 28.7 Å². The average molecular weight is 331 g/mol. The number of phenolic OH excluding ortho intramolecular Hbond substituents is 1. The number of aromatic nitrogens is 1. The largest absolute Gasteiger partial charge is 0.506 e. The summed E-state index contributed by atoms with van der Waals surface area (Å²) < 4.78 is 6.78. The van der Waals surface area contributed by atoms with E-state index in [1.54, 1.807) is 18.5 Å². The molecule has 2 aromatic rings. The summed E-state index contributed by atoms with van der Waals surface area (Å²) in [5.41, 5.74) is 1.80. The van der Waals surface area contributed by atoms with Gasteiger partial charge in [-0.1, -0.05) is 0 Å². The Bertz CT molecular complexity index is 831. The maximum Gasteiger partial charge on any atom is 0.340 e. The molecule has 0 aliphatic heterocycles. The lowest BCUT2D eigenvalue weighted by molar-refractivity contribution is 0.0524. The van der Waals surface area contributed by atoms with Crippen molar-refractivity contribution < 1.29 is 19.7 Å². The molecule has 0 saturated carbocycles. The standard InChI is InChI=1S/C17H21N3O4/c1-5-24-17(23)15-13(9-21)20(4)12-6-10(7-18)16(22)11(14(12)15)8-19(2)3/h6,21-22H,5,8-9H2,1-4H3. The van der Waals surface area contributed by atoms with E-state index in [0.717, 1.165) is 0 Å². The fourth-order valence-electron chi connectivity index (χ4n) is 2.88. The molecule has 0 saturated heterocycles. The van der Waals surface area contributed by atoms with Crippen LogP contribution in [-0.2, 0) is 24.9 Å². The number of esters is 1. The average Bonchev–Trinajstić information content (AvgIpc) is 2.81. The van der Waals surface area contributed by atoms with Crippen molar-refractivity contribution in [2.24, 2.45) is 7.05 Å². The van der Waals surface area contributed by atoms with E-state index < -0.39 is 5.97 Å². The van der Waals surface area contributed by atoms with Crippen molar-refractivity contribution in [2.75, 3.05) is 20.7 Å². The number of aliphatic hydroxyl groups is 1. The zero-order valence-corrected chi connectivity index (χ0v) is 14.3. The number of ether oxygens (including phenoxy) is 1. The molecular weight excluding hydrogens is 310 g/mol. The van der Waals surface area contributed by atoms with Gasteiger partial charge in [0.1, 0.15) is 11.8 Å². The van der Waals surface area contributed by atoms with Crippen molar-refractivity contribution in [2.45, 2.75) is 20.1 Å². The van der Waals surface area contributed by atoms with Crippen LogP contribution in [0, 0.1) is 11.3 Å². The van der Waals surface area contributed by atoms with E-state index in [1.807, 2.05) is 25.1 Å². The molecule has 2 rings (SSSR count). The number of nitrogens with zero attached hydrogens (tertiary/aromatic N) is 3. The minimum absolute atomic E-state index is 0.125. The summed E-state index contributed by atoms with van der Waals surface area (Å²) in [5.74, 6) is -0.712. The molecule has 0 aliphatic carbocycles. The van der Waals surface area contributed by atoms with Crippen LogP contribution < -0.4 is 0 Å². The Morgan fingerprint density at radius 1 is 1.46 bits per heavy atom. The SMILES string of the molecule is CCOC(=O)c1c(CO)n(C)c2cc(C#N)c(O)c(CN(C)C)c12. The van der Waals surface area contributed by atoms with Gasteiger partial charge < -0.3 is 24.4 Å². The van der Waals surface area contributed by atoms with Gasteiger partial charge in [0.05, 0.1) is 35.6 Å². The molecule has 7 heteroatoms. The maximum absolute atomic E-state index is 12.4. The molecule has 0 fully saturated rings. The van der Waals surface area contributed by atoms with Crippen molar-refractivity contribution in [1.29, 1.82) is 5.26 Å². The van der Waals surface area contributed by atoms with Gasteiger partial charge in [0.15, 0.2) is 0 Å². The number of aromatic hydroxyl groups is 1. The van der Waals surface area contributed by atoms with E-state index in [-0.39, 0.29) is 30.1 Å². The number of phenols is 1. The summed E-state index contributed by atoms with van der Waals surface area (Å²) in [6.45, 7) is 1.88. The molecule has 7 nitrogen and oxygen atoms in total. The Balaban J connectivity index is 2.96. The molecule has 0 radical (unpaired) electrons. The van der Waals surface area contributed by atoms with Gasteiger partial charge in [-0.05, 0) is 27.1 Å². The predicted octanol–water partition coefficient (Wildman–Crippen LogP) is 1.49. The third-order valence-corrected chi connectivity index (χ3v) is 3.91. The normalized spacial score (nSPS) is 11.0. The summed E-state index contributed by atoms with van der Waals surface area (Å²) in [4.78, 5) is 14.3. The number of benzene rings is 1. The van der Waals surface area contributed by atoms with Crippen LogP contribution in [0.3, 0.4) is 0 Å². The van der Waals surface area contributed by atoms with Gasteiger partial charge in [0, 0.05) is 24.5 Å². The molecule has 1 aromatic carbocycles. The Kier molecular flexibility index (Phi) is 5.12. The van der Waals surface area contributed by atoms with Crippen molar-refractivity contribution in [1.82, 2.24) is 9.47 Å². The monoisotopic (exact) mass is 331 g/mol. The van der Waals surface area contributed by atoms with E-state index in [2.05, 4.69) is 0 Å². The topological polar surface area (TPSA) is 98.7 Å². The minimum atomic E-state index is -0.559. The van der Waals surface area contributed by atoms with Gasteiger partial charge in [0.25, 0.3) is 0 Å². The van der Waals surface area contributed by atoms with Crippen molar-refractivity contribution in [3.8, 4) is 11.8 Å². The molecule has 1 aromatic heterocycles. The van der Waals surface area contributed by atoms with Gasteiger partial charge in [-0.25, -0.2) is 4.79 Å². The molecule has 0 bridgehead atoms. The van der Waals surface area contributed by atoms with Crippen LogP contribution >= 0.6 is 0 Å². The van der Waals surface area contributed by atoms with Gasteiger partial charge in [-0.15, -0.1) is 0 Å². The first kappa shape index (κ1) is 17.8. The zero-order valence-electron chi connectivity index (χ0n) is 14.3. The van der Waals surface area contributed by atoms with Crippen molar-refractivity contribution >= 4 is 16.9 Å². The second-order valence-corrected chi connectivity index (χ2v) is 5.75. The van der Waals surface area contributed by atoms with Crippen LogP contribution in [0.1, 0.15) is 34.1 Å². The summed E-state index contributed by atoms with van der Waals surface area (Å²) in [6, 6.07) is 3.49. The first-order valence-corrected chi connectivity index (χ1v) is 7.56. The molecule has 0 spiro atoms. The Morgan fingerprint density at radius 3 is 2.62 bits per heavy atom. The van der Waals surface area contributed by atoms with E-state index in [4.69, 9.17) is 4.74 Å². The lowest BCUT2D eigenvalue weighted by Crippen LogP contribution is -2.13. The molecule has 24 heavy (non-hydrogen) atoms. The lowest BCUT2D eigenvalue weighted by atomic mass is 10.00. The second-order valence-electron chi connectivity index (χ2n) is 5.75. The number of carbonyl (C=O) groups is 1. The number of rotatable bonds is 5. The van der Waals surface area contributed by atoms with E-state index in [9.17, 15) is 20.3 Å². The van der Waals surface area contributed by atoms with Crippen molar-refractivity contribution in [3.63, 3.8) is 0 Å². The van der Waals surface area contributed by atoms with E-state index in [1.165, 1.54) is 6.07 Å². The quantitative estimate of drug-likeness (QED) is 0.805. The van der Waals surface area contributed by atoms with Crippen LogP contribution in [0.5, 0.6) is 5.75 Å². The zero-order chi connectivity index (χ0) is 18.0. The summed E-state index contributed by atoms with van der Waals surface area (Å²) >= 11 is 0. The molecule has 0 aliphatic rings. The number of carbonyl (C=O) groups excluding carboxylic acids is 1. The lowest BCUT2D eigenvalue weighted by Gasteiger charge is -2.14. The molecule has 0 atom stereocenters. The fraction of sp³-hybridized carbons (Fsp3) is 0.412. The van der Waals surface area contributed by atoms with Crippen LogP contribution in [0.4, 0.5) is 0 Å². The molecule has 1 heterocycles. The first-order valence-electron chi connectivity index (χ1n) is 7.56. The summed E-state index contributed by atoms with van der Waals surface area (Å²) in [6.07, 6.45) is 0. The molecule has 0 unspecified atom stereocenters. The second kappa shape index (κ2) is 6.91. The highest BCUT2D eigenvalue weighted by molar-refractivity contribution is 6.08. The van der Waals surface area contributed by atoms with Crippen LogP contribution in [-0.4, -0.2) is 46.4 Å². The minimum Gasteiger partial charge on any atom is -0.506 e. The fourth-order valence-corrected chi connectivity index (χ4v) is 2.88. The summed E-state index contributed by atoms with van der Waals surface area (Å²) in [7, 11) is 5.35. The van der Waals surface area contributed by atoms with Gasteiger partial charge >= 0.3 is 5.97 Å². The number of aliphatic hydroxyl groups excluding tert-OH is 1. The smallest absolute Gasteiger partial charge is 0.340 e. The summed E-state index contributed by atoms with van der Waals surface area (Å²) in [5, 5.41) is 30.0. The number of aryl methyl sites for hydroxylation is 1. The highest BCUT2D eigenvalue weighted by Gasteiger charge is 2.27. The Labute approximate surface area is 140 Å². The van der Waals surface area contributed by atoms with Crippen molar-refractivity contribution in [3.05, 3.63) is 28.5 Å². The predicted molar refractivity (Wildman–Crippen MR) is 88.6 cm³/mol. The molecule has 128 valence electrons. The maximum atomic E-state index is 12.4. The first-order chi connectivity index (χ1) is 11.4. The van der Waals surface area contributed by atoms with Crippen LogP contribution in [0.15, 0.2) is 6.07 Å². The van der Waals surface area contributed by atoms with Crippen LogP contribution in [0.25, 0.3) is 10.9 Å². The third-order valence-electron chi connectivity index (χ3n) is 3.91. The Morgan fingerprint density at radius 2 is 2.12 bits per heavy atom. The number of hydrogen-bond donors (Lipinski definition) is 2. The molecule has 0 amide bonds. The highest BCUT2D eigenvalue weighted by Crippen LogP contribution is 2.37. The Hall–Kier alpha value is -2.56. The van der Waals surface area contributed by atoms with Gasteiger partial charge in [-0.2, -0.15) is 5.26 Å². The number of fused-ring (bicyclic) bond motifs is 1. The molecule has 2 N–H and O–H groups in total. The number of nitriles is 1. The van der Waals surface area contributed by atoms with Gasteiger partial charge in [-0.3, -0.25) is 0 Å². The third kappa shape index (κ3) is 2.82. The van der Waals surface area contributed by atoms with Crippen LogP contribution in [0.2, 0.25) is 0 Å².